The molecule has 2 nitrogen and oxygen atoms in total. The third-order valence-electron chi connectivity index (χ3n) is 3.19. The highest BCUT2D eigenvalue weighted by Gasteiger charge is 2.30. The summed E-state index contributed by atoms with van der Waals surface area (Å²) in [5.41, 5.74) is 0.198. The maximum absolute atomic E-state index is 14.0. The minimum Gasteiger partial charge on any atom is -0.486 e. The third-order valence-corrected chi connectivity index (χ3v) is 4.88. The van der Waals surface area contributed by atoms with Crippen molar-refractivity contribution in [2.45, 2.75) is 10.9 Å². The number of benzene rings is 2. The van der Waals surface area contributed by atoms with Gasteiger partial charge in [0.25, 0.3) is 0 Å². The lowest BCUT2D eigenvalue weighted by Crippen LogP contribution is -2.33. The molecular weight excluding hydrogens is 410 g/mol. The zero-order valence-electron chi connectivity index (χ0n) is 10.7. The number of hydrogen-bond acceptors (Lipinski definition) is 2. The molecule has 2 atom stereocenters. The lowest BCUT2D eigenvalue weighted by molar-refractivity contribution is 0.0898. The van der Waals surface area contributed by atoms with Crippen LogP contribution in [0.15, 0.2) is 40.9 Å². The van der Waals surface area contributed by atoms with Gasteiger partial charge in [-0.05, 0) is 40.2 Å². The minimum atomic E-state index is -0.520. The second-order valence-corrected chi connectivity index (χ2v) is 6.44. The smallest absolute Gasteiger partial charge is 0.161 e. The van der Waals surface area contributed by atoms with Gasteiger partial charge in [0.05, 0.1) is 9.30 Å². The molecule has 1 heterocycles. The Morgan fingerprint density at radius 3 is 2.57 bits per heavy atom. The summed E-state index contributed by atoms with van der Waals surface area (Å²) in [6.45, 7) is 0.254. The quantitative estimate of drug-likeness (QED) is 0.503. The van der Waals surface area contributed by atoms with Crippen LogP contribution < -0.4 is 9.47 Å². The zero-order valence-corrected chi connectivity index (χ0v) is 13.8. The summed E-state index contributed by atoms with van der Waals surface area (Å²) in [4.78, 5) is -0.520. The predicted octanol–water partition coefficient (Wildman–Crippen LogP) is 5.00. The summed E-state index contributed by atoms with van der Waals surface area (Å²) < 4.78 is 39.1. The van der Waals surface area contributed by atoms with Crippen molar-refractivity contribution in [1.82, 2.24) is 0 Å². The standard InChI is InChI=1S/C15H10Br2F2O2/c16-9-6-10(18)8(5-11(9)19)15(17)14-7-20-12-3-1-2-4-13(12)21-14/h1-6,14-15H,7H2. The average molecular weight is 420 g/mol. The SMILES string of the molecule is Fc1cc(C(Br)C2COc3ccccc3O2)c(F)cc1Br. The molecule has 2 aromatic carbocycles. The van der Waals surface area contributed by atoms with Gasteiger partial charge in [0.1, 0.15) is 24.3 Å². The van der Waals surface area contributed by atoms with Gasteiger partial charge in [-0.1, -0.05) is 28.1 Å². The van der Waals surface area contributed by atoms with Crippen LogP contribution in [0.1, 0.15) is 10.4 Å². The summed E-state index contributed by atoms with van der Waals surface area (Å²) in [6, 6.07) is 9.51. The number of ether oxygens (including phenoxy) is 2. The first kappa shape index (κ1) is 14.8. The summed E-state index contributed by atoms with van der Waals surface area (Å²) in [6.07, 6.45) is -0.449. The van der Waals surface area contributed by atoms with Crippen molar-refractivity contribution in [1.29, 1.82) is 0 Å². The van der Waals surface area contributed by atoms with Gasteiger partial charge in [0.2, 0.25) is 0 Å². The van der Waals surface area contributed by atoms with E-state index in [4.69, 9.17) is 9.47 Å². The summed E-state index contributed by atoms with van der Waals surface area (Å²) >= 11 is 6.34. The Bertz CT molecular complexity index is 679. The molecule has 0 aliphatic carbocycles. The first-order chi connectivity index (χ1) is 10.1. The number of hydrogen-bond donors (Lipinski definition) is 0. The van der Waals surface area contributed by atoms with Crippen LogP contribution in [-0.4, -0.2) is 12.7 Å². The van der Waals surface area contributed by atoms with Crippen LogP contribution in [0.4, 0.5) is 8.78 Å². The van der Waals surface area contributed by atoms with Crippen LogP contribution in [0, 0.1) is 11.6 Å². The van der Waals surface area contributed by atoms with Gasteiger partial charge in [-0.25, -0.2) is 8.78 Å². The predicted molar refractivity (Wildman–Crippen MR) is 82.1 cm³/mol. The van der Waals surface area contributed by atoms with E-state index in [1.54, 1.807) is 12.1 Å². The van der Waals surface area contributed by atoms with Gasteiger partial charge >= 0.3 is 0 Å². The average Bonchev–Trinajstić information content (AvgIpc) is 2.50. The van der Waals surface area contributed by atoms with Gasteiger partial charge in [-0.2, -0.15) is 0 Å². The van der Waals surface area contributed by atoms with Gasteiger partial charge in [-0.15, -0.1) is 0 Å². The molecule has 0 spiro atoms. The van der Waals surface area contributed by atoms with Crippen molar-refractivity contribution in [3.63, 3.8) is 0 Å². The van der Waals surface area contributed by atoms with E-state index in [2.05, 4.69) is 31.9 Å². The maximum atomic E-state index is 14.0. The molecule has 0 saturated heterocycles. The van der Waals surface area contributed by atoms with E-state index < -0.39 is 22.6 Å². The lowest BCUT2D eigenvalue weighted by Gasteiger charge is -2.30. The molecule has 1 aliphatic heterocycles. The fraction of sp³-hybridized carbons (Fsp3) is 0.200. The van der Waals surface area contributed by atoms with Crippen molar-refractivity contribution in [2.75, 3.05) is 6.61 Å². The Balaban J connectivity index is 1.87. The molecule has 1 aliphatic rings. The monoisotopic (exact) mass is 418 g/mol. The third kappa shape index (κ3) is 2.92. The molecule has 0 saturated carbocycles. The number of para-hydroxylation sites is 2. The molecule has 0 amide bonds. The van der Waals surface area contributed by atoms with Crippen LogP contribution >= 0.6 is 31.9 Å². The fourth-order valence-corrected chi connectivity index (χ4v) is 3.06. The van der Waals surface area contributed by atoms with E-state index in [9.17, 15) is 8.78 Å². The van der Waals surface area contributed by atoms with Gasteiger partial charge in [-0.3, -0.25) is 0 Å². The zero-order chi connectivity index (χ0) is 15.0. The second kappa shape index (κ2) is 5.93. The number of rotatable bonds is 2. The summed E-state index contributed by atoms with van der Waals surface area (Å²) in [5.74, 6) is 0.215. The molecule has 0 aromatic heterocycles. The van der Waals surface area contributed by atoms with Crippen LogP contribution in [0.5, 0.6) is 11.5 Å². The first-order valence-electron chi connectivity index (χ1n) is 6.23. The lowest BCUT2D eigenvalue weighted by atomic mass is 10.1. The summed E-state index contributed by atoms with van der Waals surface area (Å²) in [5, 5.41) is 0. The molecule has 0 N–H and O–H groups in total. The summed E-state index contributed by atoms with van der Waals surface area (Å²) in [7, 11) is 0. The van der Waals surface area contributed by atoms with E-state index >= 15 is 0 Å². The molecule has 6 heteroatoms. The van der Waals surface area contributed by atoms with Crippen molar-refractivity contribution in [3.8, 4) is 11.5 Å². The fourth-order valence-electron chi connectivity index (χ4n) is 2.13. The largest absolute Gasteiger partial charge is 0.486 e. The normalized spacial score (nSPS) is 18.4. The molecule has 0 radical (unpaired) electrons. The maximum Gasteiger partial charge on any atom is 0.161 e. The molecule has 0 bridgehead atoms. The Hall–Kier alpha value is -1.14. The minimum absolute atomic E-state index is 0.0922. The highest BCUT2D eigenvalue weighted by molar-refractivity contribution is 9.10. The van der Waals surface area contributed by atoms with Crippen molar-refractivity contribution in [3.05, 3.63) is 58.1 Å². The molecule has 2 aromatic rings. The molecule has 3 rings (SSSR count). The molecule has 21 heavy (non-hydrogen) atoms. The Labute approximate surface area is 137 Å². The van der Waals surface area contributed by atoms with Crippen LogP contribution in [0.3, 0.4) is 0 Å². The van der Waals surface area contributed by atoms with Gasteiger partial charge in [0.15, 0.2) is 11.5 Å². The van der Waals surface area contributed by atoms with Crippen LogP contribution in [-0.2, 0) is 0 Å². The Morgan fingerprint density at radius 2 is 1.81 bits per heavy atom. The van der Waals surface area contributed by atoms with E-state index in [-0.39, 0.29) is 16.6 Å². The van der Waals surface area contributed by atoms with Crippen molar-refractivity contribution in [2.24, 2.45) is 0 Å². The topological polar surface area (TPSA) is 18.5 Å². The van der Waals surface area contributed by atoms with E-state index in [0.29, 0.717) is 11.5 Å². The first-order valence-corrected chi connectivity index (χ1v) is 7.94. The van der Waals surface area contributed by atoms with E-state index in [1.807, 2.05) is 12.1 Å². The second-order valence-electron chi connectivity index (χ2n) is 4.60. The van der Waals surface area contributed by atoms with E-state index in [0.717, 1.165) is 12.1 Å². The Morgan fingerprint density at radius 1 is 1.10 bits per heavy atom. The van der Waals surface area contributed by atoms with Crippen LogP contribution in [0.2, 0.25) is 0 Å². The Kier molecular flexibility index (Phi) is 4.17. The number of halogens is 4. The molecule has 0 fully saturated rings. The van der Waals surface area contributed by atoms with Crippen molar-refractivity contribution >= 4 is 31.9 Å². The van der Waals surface area contributed by atoms with Gasteiger partial charge < -0.3 is 9.47 Å². The molecule has 2 unspecified atom stereocenters. The van der Waals surface area contributed by atoms with E-state index in [1.165, 1.54) is 0 Å². The highest BCUT2D eigenvalue weighted by Crippen LogP contribution is 2.38. The van der Waals surface area contributed by atoms with Crippen molar-refractivity contribution < 1.29 is 18.3 Å². The number of fused-ring (bicyclic) bond motifs is 1. The van der Waals surface area contributed by atoms with Gasteiger partial charge in [0, 0.05) is 5.56 Å². The number of alkyl halides is 1. The van der Waals surface area contributed by atoms with Crippen LogP contribution in [0.25, 0.3) is 0 Å². The molecular formula is C15H10Br2F2O2. The molecule has 110 valence electrons. The highest BCUT2D eigenvalue weighted by atomic mass is 79.9.